The Kier molecular flexibility index (Phi) is 14.3. The lowest BCUT2D eigenvalue weighted by molar-refractivity contribution is -0.127. The number of nitrogens with one attached hydrogen (secondary N) is 2. The summed E-state index contributed by atoms with van der Waals surface area (Å²) in [4.78, 5) is 45.8. The number of hydrogen-bond acceptors (Lipinski definition) is 9. The van der Waals surface area contributed by atoms with E-state index < -0.39 is 27.8 Å². The molecule has 0 radical (unpaired) electrons. The molecule has 0 spiro atoms. The number of amidine groups is 1. The topological polar surface area (TPSA) is 197 Å². The number of aryl methyl sites for hydroxylation is 1. The first-order chi connectivity index (χ1) is 20.1. The Bertz CT molecular complexity index is 1280. The number of nitrogens with zero attached hydrogens (tertiary/aromatic N) is 2. The first-order valence-corrected chi connectivity index (χ1v) is 17.1. The monoisotopic (exact) mass is 640 g/mol. The molecule has 2 rings (SSSR count). The summed E-state index contributed by atoms with van der Waals surface area (Å²) in [6, 6.07) is 2.00. The van der Waals surface area contributed by atoms with E-state index in [1.165, 1.54) is 0 Å². The first kappa shape index (κ1) is 36.4. The molecule has 0 saturated heterocycles. The minimum atomic E-state index is -4.44. The zero-order valence-electron chi connectivity index (χ0n) is 25.8. The molecule has 12 nitrogen and oxygen atoms in total. The van der Waals surface area contributed by atoms with E-state index in [0.29, 0.717) is 56.9 Å². The van der Waals surface area contributed by atoms with Gasteiger partial charge in [-0.25, -0.2) is 4.99 Å². The number of thiophene rings is 1. The van der Waals surface area contributed by atoms with Crippen LogP contribution >= 0.6 is 11.3 Å². The zero-order chi connectivity index (χ0) is 32.2. The number of hydrogen-bond donors (Lipinski definition) is 5. The standard InChI is InChI=1S/C29H48N6O6S2/c1-5-13-35(14-9-12-33-27(37)19-29(2,3)4)28(38)20-15-23-22(34-24(30)16-20)17-21(42-23)10-7-6-8-11-32-26(36)18-25(31)43(39,40)41/h15,17,25H,5-14,16,18-19,31H2,1-4H3,(H2,30,34)(H,32,36)(H,33,37)(H,39,40,41). The van der Waals surface area contributed by atoms with Crippen LogP contribution in [0, 0.1) is 5.41 Å². The molecule has 0 saturated carbocycles. The van der Waals surface area contributed by atoms with E-state index in [2.05, 4.69) is 15.6 Å². The minimum absolute atomic E-state index is 0.0168. The maximum absolute atomic E-state index is 13.5. The smallest absolute Gasteiger partial charge is 0.281 e. The van der Waals surface area contributed by atoms with E-state index in [9.17, 15) is 22.8 Å². The van der Waals surface area contributed by atoms with Crippen molar-refractivity contribution in [2.24, 2.45) is 21.9 Å². The van der Waals surface area contributed by atoms with Crippen LogP contribution < -0.4 is 22.1 Å². The average molecular weight is 641 g/mol. The Hall–Kier alpha value is -2.81. The molecular weight excluding hydrogens is 592 g/mol. The highest BCUT2D eigenvalue weighted by molar-refractivity contribution is 7.86. The van der Waals surface area contributed by atoms with Crippen LogP contribution in [-0.4, -0.2) is 73.0 Å². The molecule has 0 aliphatic carbocycles. The van der Waals surface area contributed by atoms with Crippen LogP contribution in [0.2, 0.25) is 0 Å². The molecule has 3 amide bonds. The van der Waals surface area contributed by atoms with Crippen LogP contribution in [0.5, 0.6) is 0 Å². The van der Waals surface area contributed by atoms with Crippen molar-refractivity contribution in [3.05, 3.63) is 21.4 Å². The third-order valence-corrected chi connectivity index (χ3v) is 8.66. The van der Waals surface area contributed by atoms with Gasteiger partial charge < -0.3 is 27.0 Å². The maximum Gasteiger partial charge on any atom is 0.281 e. The molecule has 242 valence electrons. The van der Waals surface area contributed by atoms with E-state index in [4.69, 9.17) is 16.0 Å². The average Bonchev–Trinajstić information content (AvgIpc) is 3.18. The molecule has 7 N–H and O–H groups in total. The molecule has 43 heavy (non-hydrogen) atoms. The van der Waals surface area contributed by atoms with Gasteiger partial charge in [-0.3, -0.25) is 18.9 Å². The second-order valence-electron chi connectivity index (χ2n) is 12.1. The predicted octanol–water partition coefficient (Wildman–Crippen LogP) is 3.10. The number of carbonyl (C=O) groups excluding carboxylic acids is 3. The number of aliphatic imine (C=N–C) groups is 1. The Balaban J connectivity index is 1.89. The van der Waals surface area contributed by atoms with Crippen molar-refractivity contribution in [2.45, 2.75) is 90.9 Å². The van der Waals surface area contributed by atoms with Crippen LogP contribution in [0.25, 0.3) is 6.08 Å². The van der Waals surface area contributed by atoms with Gasteiger partial charge >= 0.3 is 0 Å². The molecule has 1 atom stereocenters. The lowest BCUT2D eigenvalue weighted by atomic mass is 9.92. The van der Waals surface area contributed by atoms with Crippen molar-refractivity contribution in [3.8, 4) is 0 Å². The molecule has 0 fully saturated rings. The lowest BCUT2D eigenvalue weighted by Crippen LogP contribution is -2.37. The van der Waals surface area contributed by atoms with Gasteiger partial charge in [0.05, 0.1) is 17.0 Å². The number of carbonyl (C=O) groups is 3. The Labute approximate surface area is 259 Å². The molecule has 1 aromatic rings. The van der Waals surface area contributed by atoms with Gasteiger partial charge in [0.25, 0.3) is 10.1 Å². The quantitative estimate of drug-likeness (QED) is 0.126. The number of fused-ring (bicyclic) bond motifs is 1. The van der Waals surface area contributed by atoms with Gasteiger partial charge in [-0.15, -0.1) is 11.3 Å². The first-order valence-electron chi connectivity index (χ1n) is 14.8. The highest BCUT2D eigenvalue weighted by atomic mass is 32.2. The second kappa shape index (κ2) is 16.9. The van der Waals surface area contributed by atoms with Crippen molar-refractivity contribution in [2.75, 3.05) is 26.2 Å². The minimum Gasteiger partial charge on any atom is -0.387 e. The fraction of sp³-hybridized carbons (Fsp3) is 0.655. The SMILES string of the molecule is CCCN(CCCNC(=O)CC(C)(C)C)C(=O)C1=Cc2sc(CCCCCNC(=O)CC(N)S(=O)(=O)O)cc2N=C(N)C1. The largest absolute Gasteiger partial charge is 0.387 e. The summed E-state index contributed by atoms with van der Waals surface area (Å²) in [6.45, 7) is 10.1. The molecule has 1 aliphatic heterocycles. The van der Waals surface area contributed by atoms with Crippen LogP contribution in [0.1, 0.15) is 88.8 Å². The number of rotatable bonds is 17. The Morgan fingerprint density at radius 2 is 1.77 bits per heavy atom. The Morgan fingerprint density at radius 3 is 2.42 bits per heavy atom. The molecule has 14 heteroatoms. The summed E-state index contributed by atoms with van der Waals surface area (Å²) >= 11 is 1.58. The van der Waals surface area contributed by atoms with Crippen LogP contribution in [0.3, 0.4) is 0 Å². The van der Waals surface area contributed by atoms with Crippen molar-refractivity contribution < 1.29 is 27.4 Å². The number of amides is 3. The van der Waals surface area contributed by atoms with Crippen molar-refractivity contribution in [1.82, 2.24) is 15.5 Å². The molecule has 1 aromatic heterocycles. The normalized spacial score (nSPS) is 14.2. The lowest BCUT2D eigenvalue weighted by Gasteiger charge is -2.24. The van der Waals surface area contributed by atoms with Gasteiger partial charge in [-0.2, -0.15) is 8.42 Å². The molecule has 1 aliphatic rings. The van der Waals surface area contributed by atoms with E-state index in [-0.39, 0.29) is 23.7 Å². The van der Waals surface area contributed by atoms with E-state index >= 15 is 0 Å². The summed E-state index contributed by atoms with van der Waals surface area (Å²) in [5, 5.41) is 3.94. The van der Waals surface area contributed by atoms with Crippen LogP contribution in [-0.2, 0) is 30.9 Å². The number of unbranched alkanes of at least 4 members (excludes halogenated alkanes) is 2. The van der Waals surface area contributed by atoms with E-state index in [1.54, 1.807) is 11.3 Å². The van der Waals surface area contributed by atoms with Gasteiger partial charge in [-0.05, 0) is 49.7 Å². The van der Waals surface area contributed by atoms with E-state index in [0.717, 1.165) is 41.1 Å². The van der Waals surface area contributed by atoms with Gasteiger partial charge in [0.2, 0.25) is 17.7 Å². The maximum atomic E-state index is 13.5. The fourth-order valence-electron chi connectivity index (χ4n) is 4.52. The zero-order valence-corrected chi connectivity index (χ0v) is 27.4. The highest BCUT2D eigenvalue weighted by Gasteiger charge is 2.23. The van der Waals surface area contributed by atoms with Gasteiger partial charge in [0.15, 0.2) is 0 Å². The molecule has 2 heterocycles. The highest BCUT2D eigenvalue weighted by Crippen LogP contribution is 2.35. The second-order valence-corrected chi connectivity index (χ2v) is 14.9. The predicted molar refractivity (Wildman–Crippen MR) is 171 cm³/mol. The van der Waals surface area contributed by atoms with Crippen molar-refractivity contribution in [3.63, 3.8) is 0 Å². The van der Waals surface area contributed by atoms with Crippen molar-refractivity contribution >= 4 is 56.8 Å². The third kappa shape index (κ3) is 13.6. The van der Waals surface area contributed by atoms with Crippen LogP contribution in [0.15, 0.2) is 16.6 Å². The third-order valence-electron chi connectivity index (χ3n) is 6.60. The van der Waals surface area contributed by atoms with E-state index in [1.807, 2.05) is 44.7 Å². The van der Waals surface area contributed by atoms with Gasteiger partial charge in [0, 0.05) is 49.5 Å². The molecule has 0 bridgehead atoms. The fourth-order valence-corrected chi connectivity index (χ4v) is 5.99. The summed E-state index contributed by atoms with van der Waals surface area (Å²) in [5.74, 6) is -0.190. The molecular formula is C29H48N6O6S2. The summed E-state index contributed by atoms with van der Waals surface area (Å²) in [7, 11) is -4.44. The molecule has 1 unspecified atom stereocenters. The van der Waals surface area contributed by atoms with Gasteiger partial charge in [-0.1, -0.05) is 34.1 Å². The van der Waals surface area contributed by atoms with Gasteiger partial charge in [0.1, 0.15) is 11.2 Å². The molecule has 0 aromatic carbocycles. The summed E-state index contributed by atoms with van der Waals surface area (Å²) in [6.07, 6.45) is 6.82. The van der Waals surface area contributed by atoms with Crippen LogP contribution in [0.4, 0.5) is 5.69 Å². The summed E-state index contributed by atoms with van der Waals surface area (Å²) < 4.78 is 30.7. The van der Waals surface area contributed by atoms with Crippen molar-refractivity contribution in [1.29, 1.82) is 0 Å². The Morgan fingerprint density at radius 1 is 1.09 bits per heavy atom. The number of nitrogens with two attached hydrogens (primary N) is 2. The summed E-state index contributed by atoms with van der Waals surface area (Å²) in [5.41, 5.74) is 12.8.